The van der Waals surface area contributed by atoms with Gasteiger partial charge in [-0.25, -0.2) is 0 Å². The fourth-order valence-corrected chi connectivity index (χ4v) is 2.38. The Bertz CT molecular complexity index is 417. The van der Waals surface area contributed by atoms with Crippen molar-refractivity contribution in [1.29, 1.82) is 0 Å². The molecule has 2 heteroatoms. The average molecular weight is 275 g/mol. The van der Waals surface area contributed by atoms with Crippen LogP contribution in [0, 0.1) is 13.8 Å². The van der Waals surface area contributed by atoms with Gasteiger partial charge in [-0.2, -0.15) is 0 Å². The second kappa shape index (κ2) is 8.78. The molecule has 0 aliphatic heterocycles. The maximum atomic E-state index is 12.5. The molecule has 2 nitrogen and oxygen atoms in total. The quantitative estimate of drug-likeness (QED) is 0.693. The van der Waals surface area contributed by atoms with Crippen LogP contribution in [0.15, 0.2) is 18.2 Å². The van der Waals surface area contributed by atoms with E-state index in [2.05, 4.69) is 45.9 Å². The van der Waals surface area contributed by atoms with Crippen LogP contribution < -0.4 is 0 Å². The third-order valence-electron chi connectivity index (χ3n) is 3.76. The number of nitrogens with zero attached hydrogens (tertiary/aromatic N) is 1. The van der Waals surface area contributed by atoms with E-state index in [1.807, 2.05) is 4.90 Å². The van der Waals surface area contributed by atoms with Gasteiger partial charge in [0.05, 0.1) is 6.42 Å². The molecule has 0 saturated carbocycles. The number of aryl methyl sites for hydroxylation is 2. The van der Waals surface area contributed by atoms with Crippen LogP contribution in [0.5, 0.6) is 0 Å². The Morgan fingerprint density at radius 2 is 1.65 bits per heavy atom. The smallest absolute Gasteiger partial charge is 0.226 e. The van der Waals surface area contributed by atoms with Crippen LogP contribution in [0.3, 0.4) is 0 Å². The number of benzene rings is 1. The third kappa shape index (κ3) is 5.36. The first kappa shape index (κ1) is 16.7. The first-order chi connectivity index (χ1) is 9.58. The van der Waals surface area contributed by atoms with E-state index in [1.165, 1.54) is 16.7 Å². The Kier molecular flexibility index (Phi) is 7.35. The monoisotopic (exact) mass is 275 g/mol. The van der Waals surface area contributed by atoms with Crippen LogP contribution in [0.25, 0.3) is 0 Å². The van der Waals surface area contributed by atoms with E-state index in [0.717, 1.165) is 38.8 Å². The molecule has 0 heterocycles. The molecule has 0 bridgehead atoms. The van der Waals surface area contributed by atoms with Gasteiger partial charge in [0.25, 0.3) is 0 Å². The SMILES string of the molecule is CCCCN(CCCC)C(=O)Cc1ccc(C)cc1C. The largest absolute Gasteiger partial charge is 0.342 e. The molecule has 1 aromatic carbocycles. The Morgan fingerprint density at radius 1 is 1.05 bits per heavy atom. The molecule has 0 spiro atoms. The van der Waals surface area contributed by atoms with Crippen LogP contribution in [0.1, 0.15) is 56.2 Å². The molecule has 112 valence electrons. The number of hydrogen-bond acceptors (Lipinski definition) is 1. The average Bonchev–Trinajstić information content (AvgIpc) is 2.42. The zero-order chi connectivity index (χ0) is 15.0. The minimum absolute atomic E-state index is 0.277. The summed E-state index contributed by atoms with van der Waals surface area (Å²) in [5.74, 6) is 0.277. The van der Waals surface area contributed by atoms with Gasteiger partial charge in [-0.1, -0.05) is 50.5 Å². The molecule has 0 unspecified atom stereocenters. The first-order valence-electron chi connectivity index (χ1n) is 7.92. The standard InChI is InChI=1S/C18H29NO/c1-5-7-11-19(12-8-6-2)18(20)14-17-10-9-15(3)13-16(17)4/h9-10,13H,5-8,11-12,14H2,1-4H3. The van der Waals surface area contributed by atoms with Crippen LogP contribution in [0.4, 0.5) is 0 Å². The highest BCUT2D eigenvalue weighted by molar-refractivity contribution is 5.79. The molecular formula is C18H29NO. The van der Waals surface area contributed by atoms with E-state index in [1.54, 1.807) is 0 Å². The molecule has 20 heavy (non-hydrogen) atoms. The van der Waals surface area contributed by atoms with Gasteiger partial charge in [0.2, 0.25) is 5.91 Å². The van der Waals surface area contributed by atoms with E-state index in [9.17, 15) is 4.79 Å². The van der Waals surface area contributed by atoms with Gasteiger partial charge in [-0.15, -0.1) is 0 Å². The predicted molar refractivity (Wildman–Crippen MR) is 86.0 cm³/mol. The summed E-state index contributed by atoms with van der Waals surface area (Å²) in [5.41, 5.74) is 3.65. The van der Waals surface area contributed by atoms with Crippen LogP contribution in [0.2, 0.25) is 0 Å². The lowest BCUT2D eigenvalue weighted by molar-refractivity contribution is -0.130. The van der Waals surface area contributed by atoms with Crippen molar-refractivity contribution < 1.29 is 4.79 Å². The fraction of sp³-hybridized carbons (Fsp3) is 0.611. The molecule has 1 aromatic rings. The Balaban J connectivity index is 2.68. The van der Waals surface area contributed by atoms with Gasteiger partial charge in [0.1, 0.15) is 0 Å². The number of hydrogen-bond donors (Lipinski definition) is 0. The molecule has 0 radical (unpaired) electrons. The van der Waals surface area contributed by atoms with Gasteiger partial charge in [0.15, 0.2) is 0 Å². The van der Waals surface area contributed by atoms with Gasteiger partial charge >= 0.3 is 0 Å². The molecule has 0 aromatic heterocycles. The number of unbranched alkanes of at least 4 members (excludes halogenated alkanes) is 2. The lowest BCUT2D eigenvalue weighted by Gasteiger charge is -2.23. The molecule has 0 aliphatic rings. The van der Waals surface area contributed by atoms with E-state index in [-0.39, 0.29) is 5.91 Å². The Morgan fingerprint density at radius 3 is 2.15 bits per heavy atom. The molecule has 0 saturated heterocycles. The second-order valence-corrected chi connectivity index (χ2v) is 5.69. The lowest BCUT2D eigenvalue weighted by atomic mass is 10.0. The molecule has 0 fully saturated rings. The van der Waals surface area contributed by atoms with Crippen molar-refractivity contribution in [2.24, 2.45) is 0 Å². The highest BCUT2D eigenvalue weighted by Gasteiger charge is 2.14. The van der Waals surface area contributed by atoms with Crippen LogP contribution in [-0.2, 0) is 11.2 Å². The van der Waals surface area contributed by atoms with Crippen molar-refractivity contribution in [2.75, 3.05) is 13.1 Å². The Hall–Kier alpha value is -1.31. The van der Waals surface area contributed by atoms with E-state index in [4.69, 9.17) is 0 Å². The van der Waals surface area contributed by atoms with Gasteiger partial charge in [0, 0.05) is 13.1 Å². The summed E-state index contributed by atoms with van der Waals surface area (Å²) < 4.78 is 0. The topological polar surface area (TPSA) is 20.3 Å². The maximum absolute atomic E-state index is 12.5. The lowest BCUT2D eigenvalue weighted by Crippen LogP contribution is -2.34. The minimum atomic E-state index is 0.277. The van der Waals surface area contributed by atoms with Crippen LogP contribution in [-0.4, -0.2) is 23.9 Å². The van der Waals surface area contributed by atoms with Crippen molar-refractivity contribution in [3.63, 3.8) is 0 Å². The van der Waals surface area contributed by atoms with Crippen molar-refractivity contribution in [1.82, 2.24) is 4.90 Å². The maximum Gasteiger partial charge on any atom is 0.226 e. The van der Waals surface area contributed by atoms with E-state index in [0.29, 0.717) is 6.42 Å². The summed E-state index contributed by atoms with van der Waals surface area (Å²) in [4.78, 5) is 14.5. The number of carbonyl (C=O) groups excluding carboxylic acids is 1. The van der Waals surface area contributed by atoms with Crippen molar-refractivity contribution in [3.8, 4) is 0 Å². The van der Waals surface area contributed by atoms with Gasteiger partial charge in [-0.05, 0) is 37.8 Å². The first-order valence-corrected chi connectivity index (χ1v) is 7.92. The van der Waals surface area contributed by atoms with Gasteiger partial charge < -0.3 is 4.90 Å². The van der Waals surface area contributed by atoms with Crippen LogP contribution >= 0.6 is 0 Å². The van der Waals surface area contributed by atoms with E-state index >= 15 is 0 Å². The molecular weight excluding hydrogens is 246 g/mol. The normalized spacial score (nSPS) is 10.6. The highest BCUT2D eigenvalue weighted by atomic mass is 16.2. The molecule has 0 atom stereocenters. The van der Waals surface area contributed by atoms with Gasteiger partial charge in [-0.3, -0.25) is 4.79 Å². The highest BCUT2D eigenvalue weighted by Crippen LogP contribution is 2.13. The van der Waals surface area contributed by atoms with Crippen molar-refractivity contribution >= 4 is 5.91 Å². The zero-order valence-electron chi connectivity index (χ0n) is 13.5. The summed E-state index contributed by atoms with van der Waals surface area (Å²) >= 11 is 0. The molecule has 1 rings (SSSR count). The number of carbonyl (C=O) groups is 1. The number of amides is 1. The summed E-state index contributed by atoms with van der Waals surface area (Å²) in [7, 11) is 0. The summed E-state index contributed by atoms with van der Waals surface area (Å²) in [5, 5.41) is 0. The summed E-state index contributed by atoms with van der Waals surface area (Å²) in [6.07, 6.45) is 5.02. The number of rotatable bonds is 8. The second-order valence-electron chi connectivity index (χ2n) is 5.69. The molecule has 1 amide bonds. The van der Waals surface area contributed by atoms with E-state index < -0.39 is 0 Å². The zero-order valence-corrected chi connectivity index (χ0v) is 13.5. The minimum Gasteiger partial charge on any atom is -0.342 e. The third-order valence-corrected chi connectivity index (χ3v) is 3.76. The summed E-state index contributed by atoms with van der Waals surface area (Å²) in [6.45, 7) is 10.3. The predicted octanol–water partition coefficient (Wildman–Crippen LogP) is 4.27. The van der Waals surface area contributed by atoms with Crippen molar-refractivity contribution in [2.45, 2.75) is 59.8 Å². The summed E-state index contributed by atoms with van der Waals surface area (Å²) in [6, 6.07) is 6.35. The fourth-order valence-electron chi connectivity index (χ4n) is 2.38. The Labute approximate surface area is 124 Å². The van der Waals surface area contributed by atoms with Crippen molar-refractivity contribution in [3.05, 3.63) is 34.9 Å². The molecule has 0 N–H and O–H groups in total. The molecule has 0 aliphatic carbocycles.